The average Bonchev–Trinajstić information content (AvgIpc) is 2.89. The van der Waals surface area contributed by atoms with Gasteiger partial charge in [-0.15, -0.1) is 0 Å². The molecule has 0 saturated carbocycles. The molecule has 0 fully saturated rings. The average molecular weight is 308 g/mol. The Hall–Kier alpha value is -1.33. The summed E-state index contributed by atoms with van der Waals surface area (Å²) in [5, 5.41) is 1.18. The SMILES string of the molecule is CCC(N)Cc1cccc2c1ccn2CCS(=O)(=O)CC. The summed E-state index contributed by atoms with van der Waals surface area (Å²) in [6.07, 6.45) is 3.77. The third-order valence-electron chi connectivity index (χ3n) is 3.99. The quantitative estimate of drug-likeness (QED) is 0.854. The number of hydrogen-bond donors (Lipinski definition) is 1. The molecule has 5 heteroatoms. The molecule has 1 unspecified atom stereocenters. The minimum atomic E-state index is -2.94. The van der Waals surface area contributed by atoms with E-state index in [1.54, 1.807) is 6.92 Å². The molecule has 1 aromatic carbocycles. The molecule has 1 heterocycles. The van der Waals surface area contributed by atoms with Gasteiger partial charge < -0.3 is 10.3 Å². The number of nitrogens with zero attached hydrogens (tertiary/aromatic N) is 1. The molecular weight excluding hydrogens is 284 g/mol. The van der Waals surface area contributed by atoms with Crippen LogP contribution in [0, 0.1) is 0 Å². The first-order chi connectivity index (χ1) is 9.96. The van der Waals surface area contributed by atoms with Gasteiger partial charge in [-0.1, -0.05) is 26.0 Å². The number of aromatic nitrogens is 1. The summed E-state index contributed by atoms with van der Waals surface area (Å²) in [6.45, 7) is 4.28. The van der Waals surface area contributed by atoms with Gasteiger partial charge in [0.05, 0.1) is 5.75 Å². The summed E-state index contributed by atoms with van der Waals surface area (Å²) in [6, 6.07) is 8.38. The van der Waals surface area contributed by atoms with Gasteiger partial charge in [0, 0.05) is 35.4 Å². The highest BCUT2D eigenvalue weighted by molar-refractivity contribution is 7.91. The van der Waals surface area contributed by atoms with Gasteiger partial charge in [0.2, 0.25) is 0 Å². The van der Waals surface area contributed by atoms with Crippen LogP contribution in [-0.2, 0) is 22.8 Å². The maximum atomic E-state index is 11.7. The monoisotopic (exact) mass is 308 g/mol. The number of rotatable bonds is 7. The van der Waals surface area contributed by atoms with E-state index in [1.807, 2.05) is 22.9 Å². The van der Waals surface area contributed by atoms with E-state index in [2.05, 4.69) is 19.1 Å². The van der Waals surface area contributed by atoms with Crippen LogP contribution in [0.1, 0.15) is 25.8 Å². The van der Waals surface area contributed by atoms with Crippen molar-refractivity contribution in [3.63, 3.8) is 0 Å². The second kappa shape index (κ2) is 6.62. The fourth-order valence-electron chi connectivity index (χ4n) is 2.47. The summed E-state index contributed by atoms with van der Waals surface area (Å²) in [5.41, 5.74) is 8.37. The van der Waals surface area contributed by atoms with Crippen molar-refractivity contribution < 1.29 is 8.42 Å². The Morgan fingerprint density at radius 3 is 2.67 bits per heavy atom. The Morgan fingerprint density at radius 1 is 1.24 bits per heavy atom. The highest BCUT2D eigenvalue weighted by Crippen LogP contribution is 2.22. The molecule has 2 aromatic rings. The molecule has 0 aliphatic rings. The molecule has 2 rings (SSSR count). The van der Waals surface area contributed by atoms with Crippen LogP contribution in [0.25, 0.3) is 10.9 Å². The van der Waals surface area contributed by atoms with Gasteiger partial charge in [-0.25, -0.2) is 8.42 Å². The van der Waals surface area contributed by atoms with Crippen molar-refractivity contribution in [2.24, 2.45) is 5.73 Å². The molecule has 116 valence electrons. The second-order valence-electron chi connectivity index (χ2n) is 5.47. The van der Waals surface area contributed by atoms with Gasteiger partial charge in [0.1, 0.15) is 0 Å². The van der Waals surface area contributed by atoms with Crippen molar-refractivity contribution in [1.29, 1.82) is 0 Å². The zero-order valence-electron chi connectivity index (χ0n) is 12.7. The van der Waals surface area contributed by atoms with E-state index in [1.165, 1.54) is 10.9 Å². The molecule has 1 aromatic heterocycles. The molecular formula is C16H24N2O2S. The predicted octanol–water partition coefficient (Wildman–Crippen LogP) is 2.36. The second-order valence-corrected chi connectivity index (χ2v) is 7.94. The first-order valence-electron chi connectivity index (χ1n) is 7.49. The van der Waals surface area contributed by atoms with Crippen molar-refractivity contribution in [3.8, 4) is 0 Å². The molecule has 2 N–H and O–H groups in total. The van der Waals surface area contributed by atoms with Crippen LogP contribution in [0.15, 0.2) is 30.5 Å². The molecule has 21 heavy (non-hydrogen) atoms. The fourth-order valence-corrected chi connectivity index (χ4v) is 3.23. The van der Waals surface area contributed by atoms with Crippen LogP contribution in [0.2, 0.25) is 0 Å². The summed E-state index contributed by atoms with van der Waals surface area (Å²) >= 11 is 0. The Morgan fingerprint density at radius 2 is 2.00 bits per heavy atom. The molecule has 0 bridgehead atoms. The molecule has 1 atom stereocenters. The largest absolute Gasteiger partial charge is 0.346 e. The summed E-state index contributed by atoms with van der Waals surface area (Å²) in [5.74, 6) is 0.384. The highest BCUT2D eigenvalue weighted by Gasteiger charge is 2.11. The summed E-state index contributed by atoms with van der Waals surface area (Å²) < 4.78 is 25.3. The van der Waals surface area contributed by atoms with Crippen molar-refractivity contribution in [2.75, 3.05) is 11.5 Å². The van der Waals surface area contributed by atoms with Gasteiger partial charge in [0.15, 0.2) is 9.84 Å². The van der Waals surface area contributed by atoms with E-state index < -0.39 is 9.84 Å². The van der Waals surface area contributed by atoms with Gasteiger partial charge >= 0.3 is 0 Å². The molecule has 4 nitrogen and oxygen atoms in total. The molecule has 0 saturated heterocycles. The number of sulfone groups is 1. The van der Waals surface area contributed by atoms with E-state index in [4.69, 9.17) is 5.73 Å². The standard InChI is InChI=1S/C16H24N2O2S/c1-3-14(17)12-13-6-5-7-16-15(13)8-9-18(16)10-11-21(19,20)4-2/h5-9,14H,3-4,10-12,17H2,1-2H3. The predicted molar refractivity (Wildman–Crippen MR) is 88.2 cm³/mol. The topological polar surface area (TPSA) is 65.1 Å². The Bertz CT molecular complexity index is 704. The lowest BCUT2D eigenvalue weighted by Crippen LogP contribution is -2.21. The normalized spacial score (nSPS) is 13.7. The Labute approximate surface area is 126 Å². The van der Waals surface area contributed by atoms with E-state index in [-0.39, 0.29) is 17.5 Å². The van der Waals surface area contributed by atoms with E-state index in [0.29, 0.717) is 6.54 Å². The number of benzene rings is 1. The first-order valence-corrected chi connectivity index (χ1v) is 9.31. The van der Waals surface area contributed by atoms with Crippen LogP contribution in [0.4, 0.5) is 0 Å². The van der Waals surface area contributed by atoms with Gasteiger partial charge in [-0.3, -0.25) is 0 Å². The summed E-state index contributed by atoms with van der Waals surface area (Å²) in [7, 11) is -2.94. The van der Waals surface area contributed by atoms with Crippen molar-refractivity contribution >= 4 is 20.7 Å². The molecule has 0 radical (unpaired) electrons. The van der Waals surface area contributed by atoms with Crippen LogP contribution in [-0.4, -0.2) is 30.5 Å². The third kappa shape index (κ3) is 3.86. The highest BCUT2D eigenvalue weighted by atomic mass is 32.2. The van der Waals surface area contributed by atoms with Crippen LogP contribution >= 0.6 is 0 Å². The van der Waals surface area contributed by atoms with Crippen molar-refractivity contribution in [2.45, 2.75) is 39.3 Å². The van der Waals surface area contributed by atoms with Crippen molar-refractivity contribution in [3.05, 3.63) is 36.0 Å². The number of nitrogens with two attached hydrogens (primary N) is 1. The smallest absolute Gasteiger partial charge is 0.151 e. The number of aryl methyl sites for hydroxylation is 1. The Kier molecular flexibility index (Phi) is 5.06. The molecule has 0 spiro atoms. The maximum Gasteiger partial charge on any atom is 0.151 e. The van der Waals surface area contributed by atoms with Crippen LogP contribution in [0.3, 0.4) is 0 Å². The maximum absolute atomic E-state index is 11.7. The van der Waals surface area contributed by atoms with E-state index in [0.717, 1.165) is 18.4 Å². The van der Waals surface area contributed by atoms with Crippen LogP contribution < -0.4 is 5.73 Å². The van der Waals surface area contributed by atoms with Crippen molar-refractivity contribution in [1.82, 2.24) is 4.57 Å². The minimum absolute atomic E-state index is 0.166. The number of hydrogen-bond acceptors (Lipinski definition) is 3. The molecule has 0 amide bonds. The Balaban J connectivity index is 2.26. The van der Waals surface area contributed by atoms with Gasteiger partial charge in [-0.2, -0.15) is 0 Å². The van der Waals surface area contributed by atoms with Gasteiger partial charge in [-0.05, 0) is 30.5 Å². The lowest BCUT2D eigenvalue weighted by Gasteiger charge is -2.11. The van der Waals surface area contributed by atoms with Gasteiger partial charge in [0.25, 0.3) is 0 Å². The fraction of sp³-hybridized carbons (Fsp3) is 0.500. The summed E-state index contributed by atoms with van der Waals surface area (Å²) in [4.78, 5) is 0. The first kappa shape index (κ1) is 16.0. The van der Waals surface area contributed by atoms with Crippen LogP contribution in [0.5, 0.6) is 0 Å². The lowest BCUT2D eigenvalue weighted by atomic mass is 10.0. The zero-order valence-corrected chi connectivity index (χ0v) is 13.6. The molecule has 0 aliphatic heterocycles. The minimum Gasteiger partial charge on any atom is -0.346 e. The number of fused-ring (bicyclic) bond motifs is 1. The third-order valence-corrected chi connectivity index (χ3v) is 5.68. The zero-order chi connectivity index (χ0) is 15.5. The lowest BCUT2D eigenvalue weighted by molar-refractivity contribution is 0.591. The molecule has 0 aliphatic carbocycles. The van der Waals surface area contributed by atoms with E-state index >= 15 is 0 Å². The van der Waals surface area contributed by atoms with E-state index in [9.17, 15) is 8.42 Å².